The van der Waals surface area contributed by atoms with Crippen molar-refractivity contribution in [3.05, 3.63) is 71.6 Å². The van der Waals surface area contributed by atoms with Gasteiger partial charge in [-0.2, -0.15) is 0 Å². The molecule has 2 aromatic rings. The fourth-order valence-electron chi connectivity index (χ4n) is 3.66. The molecule has 0 saturated carbocycles. The minimum atomic E-state index is 0.367. The van der Waals surface area contributed by atoms with Crippen LogP contribution >= 0.6 is 0 Å². The van der Waals surface area contributed by atoms with Crippen LogP contribution in [0, 0.1) is 6.92 Å². The fourth-order valence-corrected chi connectivity index (χ4v) is 3.66. The largest absolute Gasteiger partial charge is 0.378 e. The van der Waals surface area contributed by atoms with Gasteiger partial charge in [-0.15, -0.1) is 0 Å². The van der Waals surface area contributed by atoms with Crippen LogP contribution in [0.15, 0.2) is 54.7 Å². The lowest BCUT2D eigenvalue weighted by Crippen LogP contribution is -2.53. The van der Waals surface area contributed by atoms with Crippen LogP contribution < -0.4 is 0 Å². The van der Waals surface area contributed by atoms with Gasteiger partial charge >= 0.3 is 0 Å². The molecule has 0 aliphatic carbocycles. The van der Waals surface area contributed by atoms with Crippen LogP contribution in [0.2, 0.25) is 0 Å². The lowest BCUT2D eigenvalue weighted by molar-refractivity contribution is -0.0402. The van der Waals surface area contributed by atoms with E-state index in [9.17, 15) is 0 Å². The van der Waals surface area contributed by atoms with Gasteiger partial charge < -0.3 is 4.74 Å². The van der Waals surface area contributed by atoms with Crippen molar-refractivity contribution in [1.82, 2.24) is 9.88 Å². The average Bonchev–Trinajstić information content (AvgIpc) is 2.55. The van der Waals surface area contributed by atoms with Gasteiger partial charge in [0.2, 0.25) is 0 Å². The van der Waals surface area contributed by atoms with Crippen molar-refractivity contribution < 1.29 is 4.74 Å². The maximum Gasteiger partial charge on any atom is 0.0658 e. The number of pyridine rings is 1. The number of aromatic nitrogens is 1. The van der Waals surface area contributed by atoms with Gasteiger partial charge in [0.25, 0.3) is 0 Å². The predicted molar refractivity (Wildman–Crippen MR) is 91.9 cm³/mol. The number of aryl methyl sites for hydroxylation is 1. The number of ether oxygens (including phenoxy) is 1. The molecular weight excluding hydrogens is 284 g/mol. The van der Waals surface area contributed by atoms with Gasteiger partial charge in [-0.3, -0.25) is 9.88 Å². The van der Waals surface area contributed by atoms with Gasteiger partial charge in [0.05, 0.1) is 19.3 Å². The number of hydrogen-bond donors (Lipinski definition) is 0. The first-order valence-electron chi connectivity index (χ1n) is 8.31. The Hall–Kier alpha value is -1.97. The highest BCUT2D eigenvalue weighted by atomic mass is 16.5. The van der Waals surface area contributed by atoms with Gasteiger partial charge in [-0.1, -0.05) is 36.4 Å². The smallest absolute Gasteiger partial charge is 0.0658 e. The Labute approximate surface area is 137 Å². The van der Waals surface area contributed by atoms with Crippen LogP contribution in [0.4, 0.5) is 0 Å². The summed E-state index contributed by atoms with van der Waals surface area (Å²) in [6, 6.07) is 15.9. The van der Waals surface area contributed by atoms with E-state index in [0.717, 1.165) is 31.9 Å². The Morgan fingerprint density at radius 2 is 2.04 bits per heavy atom. The molecule has 2 aliphatic heterocycles. The molecule has 2 bridgehead atoms. The second kappa shape index (κ2) is 6.26. The molecule has 3 heteroatoms. The number of nitrogens with zero attached hydrogens (tertiary/aromatic N) is 2. The van der Waals surface area contributed by atoms with Crippen LogP contribution in [-0.2, 0) is 11.3 Å². The van der Waals surface area contributed by atoms with Crippen molar-refractivity contribution in [2.45, 2.75) is 32.0 Å². The zero-order chi connectivity index (χ0) is 15.6. The van der Waals surface area contributed by atoms with Gasteiger partial charge in [0.15, 0.2) is 0 Å². The van der Waals surface area contributed by atoms with E-state index in [2.05, 4.69) is 65.3 Å². The summed E-state index contributed by atoms with van der Waals surface area (Å²) >= 11 is 0. The maximum absolute atomic E-state index is 5.81. The molecule has 0 N–H and O–H groups in total. The zero-order valence-electron chi connectivity index (χ0n) is 13.5. The summed E-state index contributed by atoms with van der Waals surface area (Å²) in [6.45, 7) is 4.67. The average molecular weight is 306 g/mol. The summed E-state index contributed by atoms with van der Waals surface area (Å²) in [5, 5.41) is 0. The van der Waals surface area contributed by atoms with E-state index >= 15 is 0 Å². The Morgan fingerprint density at radius 1 is 1.17 bits per heavy atom. The Bertz CT molecular complexity index is 711. The molecule has 4 rings (SSSR count). The van der Waals surface area contributed by atoms with Crippen molar-refractivity contribution >= 4 is 5.57 Å². The van der Waals surface area contributed by atoms with Crippen molar-refractivity contribution in [3.8, 4) is 0 Å². The molecule has 23 heavy (non-hydrogen) atoms. The summed E-state index contributed by atoms with van der Waals surface area (Å²) in [5.41, 5.74) is 5.21. The first kappa shape index (κ1) is 14.6. The monoisotopic (exact) mass is 306 g/mol. The number of fused-ring (bicyclic) bond motifs is 2. The lowest BCUT2D eigenvalue weighted by Gasteiger charge is -2.44. The van der Waals surface area contributed by atoms with E-state index in [1.165, 1.54) is 16.7 Å². The summed E-state index contributed by atoms with van der Waals surface area (Å²) in [6.07, 6.45) is 5.36. The lowest BCUT2D eigenvalue weighted by atomic mass is 9.89. The minimum Gasteiger partial charge on any atom is -0.378 e. The fraction of sp³-hybridized carbons (Fsp3) is 0.350. The number of hydrogen-bond acceptors (Lipinski definition) is 3. The quantitative estimate of drug-likeness (QED) is 0.868. The van der Waals surface area contributed by atoms with Crippen LogP contribution in [0.3, 0.4) is 0 Å². The molecule has 1 aromatic carbocycles. The van der Waals surface area contributed by atoms with Crippen molar-refractivity contribution in [2.24, 2.45) is 0 Å². The molecule has 118 valence electrons. The molecule has 2 atom stereocenters. The molecular formula is C20H22N2O. The predicted octanol–water partition coefficient (Wildman–Crippen LogP) is 3.45. The van der Waals surface area contributed by atoms with E-state index in [1.54, 1.807) is 0 Å². The summed E-state index contributed by atoms with van der Waals surface area (Å²) < 4.78 is 5.81. The van der Waals surface area contributed by atoms with E-state index in [1.807, 2.05) is 6.20 Å². The SMILES string of the molecule is Cc1cc(C2=CC3COCC(C2)N3Cc2ccccc2)ccn1. The van der Waals surface area contributed by atoms with Crippen LogP contribution in [0.25, 0.3) is 5.57 Å². The standard InChI is InChI=1S/C20H22N2O/c1-15-9-17(7-8-21-15)18-10-19-13-23-14-20(11-18)22(19)12-16-5-3-2-4-6-16/h2-10,19-20H,11-14H2,1H3. The third-order valence-corrected chi connectivity index (χ3v) is 4.82. The van der Waals surface area contributed by atoms with Gasteiger partial charge in [-0.05, 0) is 42.2 Å². The Morgan fingerprint density at radius 3 is 2.83 bits per heavy atom. The maximum atomic E-state index is 5.81. The summed E-state index contributed by atoms with van der Waals surface area (Å²) in [4.78, 5) is 6.91. The van der Waals surface area contributed by atoms with Gasteiger partial charge in [0, 0.05) is 24.5 Å². The molecule has 0 radical (unpaired) electrons. The molecule has 1 fully saturated rings. The van der Waals surface area contributed by atoms with Crippen LogP contribution in [0.1, 0.15) is 23.2 Å². The zero-order valence-corrected chi connectivity index (χ0v) is 13.5. The van der Waals surface area contributed by atoms with Gasteiger partial charge in [0.1, 0.15) is 0 Å². The summed E-state index contributed by atoms with van der Waals surface area (Å²) in [5.74, 6) is 0. The van der Waals surface area contributed by atoms with E-state index in [4.69, 9.17) is 4.74 Å². The van der Waals surface area contributed by atoms with Crippen LogP contribution in [0.5, 0.6) is 0 Å². The molecule has 0 spiro atoms. The molecule has 3 nitrogen and oxygen atoms in total. The van der Waals surface area contributed by atoms with Crippen LogP contribution in [-0.4, -0.2) is 35.2 Å². The van der Waals surface area contributed by atoms with Crippen molar-refractivity contribution in [3.63, 3.8) is 0 Å². The first-order chi connectivity index (χ1) is 11.3. The molecule has 2 aliphatic rings. The first-order valence-corrected chi connectivity index (χ1v) is 8.31. The van der Waals surface area contributed by atoms with Crippen molar-refractivity contribution in [2.75, 3.05) is 13.2 Å². The Balaban J connectivity index is 1.60. The highest BCUT2D eigenvalue weighted by Crippen LogP contribution is 2.33. The van der Waals surface area contributed by atoms with E-state index in [0.29, 0.717) is 12.1 Å². The molecule has 1 aromatic heterocycles. The number of rotatable bonds is 3. The number of benzene rings is 1. The third-order valence-electron chi connectivity index (χ3n) is 4.82. The number of morpholine rings is 1. The second-order valence-electron chi connectivity index (χ2n) is 6.50. The summed E-state index contributed by atoms with van der Waals surface area (Å²) in [7, 11) is 0. The highest BCUT2D eigenvalue weighted by Gasteiger charge is 2.34. The molecule has 0 amide bonds. The molecule has 3 heterocycles. The van der Waals surface area contributed by atoms with Crippen molar-refractivity contribution in [1.29, 1.82) is 0 Å². The third kappa shape index (κ3) is 3.07. The topological polar surface area (TPSA) is 25.4 Å². The van der Waals surface area contributed by atoms with E-state index in [-0.39, 0.29) is 0 Å². The van der Waals surface area contributed by atoms with E-state index < -0.39 is 0 Å². The Kier molecular flexibility index (Phi) is 3.98. The second-order valence-corrected chi connectivity index (χ2v) is 6.50. The molecule has 2 unspecified atom stereocenters. The highest BCUT2D eigenvalue weighted by molar-refractivity contribution is 5.67. The normalized spacial score (nSPS) is 24.3. The molecule has 1 saturated heterocycles. The minimum absolute atomic E-state index is 0.367. The van der Waals surface area contributed by atoms with Gasteiger partial charge in [-0.25, -0.2) is 0 Å².